The van der Waals surface area contributed by atoms with E-state index in [0.717, 1.165) is 64.3 Å². The Bertz CT molecular complexity index is 1140. The highest BCUT2D eigenvalue weighted by molar-refractivity contribution is 7.19. The maximum absolute atomic E-state index is 12.7. The van der Waals surface area contributed by atoms with Gasteiger partial charge in [0, 0.05) is 36.5 Å². The highest BCUT2D eigenvalue weighted by atomic mass is 32.1. The van der Waals surface area contributed by atoms with Crippen LogP contribution in [-0.4, -0.2) is 46.3 Å². The minimum atomic E-state index is -0.248. The summed E-state index contributed by atoms with van der Waals surface area (Å²) < 4.78 is 11.2. The number of pyridine rings is 1. The predicted molar refractivity (Wildman–Crippen MR) is 127 cm³/mol. The molecule has 2 aliphatic rings. The molecule has 1 saturated heterocycles. The molecule has 8 nitrogen and oxygen atoms in total. The van der Waals surface area contributed by atoms with E-state index < -0.39 is 0 Å². The SMILES string of the molecule is Cc1cc(-c2sc(N3C[C@@H](C)O[C@@H](C)C3)nc2CNC(=O)c2cc(C3CC3)on2)cc(C)n1. The van der Waals surface area contributed by atoms with Gasteiger partial charge in [-0.3, -0.25) is 9.78 Å². The van der Waals surface area contributed by atoms with E-state index in [-0.39, 0.29) is 18.1 Å². The van der Waals surface area contributed by atoms with Crippen LogP contribution in [0.4, 0.5) is 5.13 Å². The molecule has 0 aromatic carbocycles. The van der Waals surface area contributed by atoms with Crippen molar-refractivity contribution in [3.8, 4) is 10.4 Å². The van der Waals surface area contributed by atoms with Crippen molar-refractivity contribution < 1.29 is 14.1 Å². The fraction of sp³-hybridized carbons (Fsp3) is 0.500. The number of thiazole rings is 1. The van der Waals surface area contributed by atoms with Crippen LogP contribution in [0.3, 0.4) is 0 Å². The lowest BCUT2D eigenvalue weighted by molar-refractivity contribution is -0.00523. The predicted octanol–water partition coefficient (Wildman–Crippen LogP) is 4.23. The lowest BCUT2D eigenvalue weighted by Crippen LogP contribution is -2.45. The number of rotatable bonds is 6. The number of hydrogen-bond donors (Lipinski definition) is 1. The van der Waals surface area contributed by atoms with Crippen LogP contribution in [0.1, 0.15) is 65.9 Å². The summed E-state index contributed by atoms with van der Waals surface area (Å²) in [6.45, 7) is 10.1. The molecule has 1 saturated carbocycles. The Morgan fingerprint density at radius 2 is 1.82 bits per heavy atom. The molecule has 3 aromatic rings. The molecular formula is C24H29N5O3S. The minimum absolute atomic E-state index is 0.141. The maximum atomic E-state index is 12.7. The van der Waals surface area contributed by atoms with Crippen LogP contribution < -0.4 is 10.2 Å². The maximum Gasteiger partial charge on any atom is 0.273 e. The van der Waals surface area contributed by atoms with Crippen molar-refractivity contribution in [3.63, 3.8) is 0 Å². The van der Waals surface area contributed by atoms with Crippen molar-refractivity contribution in [2.75, 3.05) is 18.0 Å². The van der Waals surface area contributed by atoms with Gasteiger partial charge in [-0.1, -0.05) is 16.5 Å². The summed E-state index contributed by atoms with van der Waals surface area (Å²) in [5.41, 5.74) is 4.14. The molecule has 1 N–H and O–H groups in total. The van der Waals surface area contributed by atoms with E-state index in [2.05, 4.69) is 46.3 Å². The van der Waals surface area contributed by atoms with Gasteiger partial charge >= 0.3 is 0 Å². The van der Waals surface area contributed by atoms with Crippen LogP contribution in [0, 0.1) is 13.8 Å². The van der Waals surface area contributed by atoms with Crippen molar-refractivity contribution in [1.82, 2.24) is 20.4 Å². The van der Waals surface area contributed by atoms with Gasteiger partial charge in [0.1, 0.15) is 5.76 Å². The topological polar surface area (TPSA) is 93.4 Å². The number of morpholine rings is 1. The second-order valence-electron chi connectivity index (χ2n) is 9.14. The van der Waals surface area contributed by atoms with Gasteiger partial charge in [0.05, 0.1) is 29.3 Å². The van der Waals surface area contributed by atoms with E-state index in [1.165, 1.54) is 0 Å². The number of hydrogen-bond acceptors (Lipinski definition) is 8. The van der Waals surface area contributed by atoms with Crippen LogP contribution in [0.25, 0.3) is 10.4 Å². The molecule has 1 aliphatic carbocycles. The van der Waals surface area contributed by atoms with Crippen LogP contribution in [-0.2, 0) is 11.3 Å². The van der Waals surface area contributed by atoms with Crippen molar-refractivity contribution in [2.24, 2.45) is 0 Å². The van der Waals surface area contributed by atoms with E-state index in [0.29, 0.717) is 18.2 Å². The van der Waals surface area contributed by atoms with Crippen molar-refractivity contribution in [1.29, 1.82) is 0 Å². The van der Waals surface area contributed by atoms with Gasteiger partial charge in [-0.25, -0.2) is 4.98 Å². The summed E-state index contributed by atoms with van der Waals surface area (Å²) >= 11 is 1.65. The zero-order chi connectivity index (χ0) is 23.1. The first-order chi connectivity index (χ1) is 15.9. The Balaban J connectivity index is 1.41. The third-order valence-corrected chi connectivity index (χ3v) is 7.08. The summed E-state index contributed by atoms with van der Waals surface area (Å²) in [4.78, 5) is 25.5. The molecular weight excluding hydrogens is 438 g/mol. The highest BCUT2D eigenvalue weighted by Gasteiger charge is 2.29. The van der Waals surface area contributed by atoms with Crippen molar-refractivity contribution >= 4 is 22.4 Å². The zero-order valence-electron chi connectivity index (χ0n) is 19.4. The number of carbonyl (C=O) groups is 1. The number of anilines is 1. The van der Waals surface area contributed by atoms with Gasteiger partial charge in [0.2, 0.25) is 0 Å². The van der Waals surface area contributed by atoms with Gasteiger partial charge in [-0.2, -0.15) is 0 Å². The Morgan fingerprint density at radius 1 is 1.12 bits per heavy atom. The lowest BCUT2D eigenvalue weighted by atomic mass is 10.1. The van der Waals surface area contributed by atoms with Crippen LogP contribution in [0.15, 0.2) is 22.7 Å². The second kappa shape index (κ2) is 8.87. The first-order valence-electron chi connectivity index (χ1n) is 11.5. The summed E-state index contributed by atoms with van der Waals surface area (Å²) in [5.74, 6) is 0.972. The number of nitrogens with one attached hydrogen (secondary N) is 1. The zero-order valence-corrected chi connectivity index (χ0v) is 20.2. The Kier molecular flexibility index (Phi) is 5.92. The monoisotopic (exact) mass is 467 g/mol. The average Bonchev–Trinajstić information content (AvgIpc) is 3.32. The van der Waals surface area contributed by atoms with Gasteiger partial charge in [-0.15, -0.1) is 0 Å². The van der Waals surface area contributed by atoms with Gasteiger partial charge in [0.15, 0.2) is 10.8 Å². The molecule has 0 radical (unpaired) electrons. The fourth-order valence-electron chi connectivity index (χ4n) is 4.33. The van der Waals surface area contributed by atoms with Crippen LogP contribution >= 0.6 is 11.3 Å². The van der Waals surface area contributed by atoms with E-state index >= 15 is 0 Å². The van der Waals surface area contributed by atoms with E-state index in [1.807, 2.05) is 13.8 Å². The molecule has 0 unspecified atom stereocenters. The molecule has 4 heterocycles. The Labute approximate surface area is 197 Å². The number of ether oxygens (including phenoxy) is 1. The number of nitrogens with zero attached hydrogens (tertiary/aromatic N) is 4. The molecule has 5 rings (SSSR count). The Morgan fingerprint density at radius 3 is 2.48 bits per heavy atom. The third-order valence-electron chi connectivity index (χ3n) is 5.88. The van der Waals surface area contributed by atoms with Crippen LogP contribution in [0.5, 0.6) is 0 Å². The quantitative estimate of drug-likeness (QED) is 0.580. The molecule has 9 heteroatoms. The first kappa shape index (κ1) is 22.0. The van der Waals surface area contributed by atoms with Crippen molar-refractivity contribution in [3.05, 3.63) is 46.7 Å². The average molecular weight is 468 g/mol. The molecule has 0 bridgehead atoms. The van der Waals surface area contributed by atoms with Gasteiger partial charge in [0.25, 0.3) is 5.91 Å². The summed E-state index contributed by atoms with van der Waals surface area (Å²) in [6.07, 6.45) is 2.49. The molecule has 1 amide bonds. The largest absolute Gasteiger partial charge is 0.372 e. The molecule has 174 valence electrons. The number of carbonyl (C=O) groups excluding carboxylic acids is 1. The summed E-state index contributed by atoms with van der Waals surface area (Å²) in [6, 6.07) is 5.89. The minimum Gasteiger partial charge on any atom is -0.372 e. The standard InChI is InChI=1S/C24H29N5O3S/c1-13-7-18(8-14(2)26-13)22-20(27-24(33-22)29-11-15(3)31-16(4)12-29)10-25-23(30)19-9-21(32-28-19)17-5-6-17/h7-9,15-17H,5-6,10-12H2,1-4H3,(H,25,30)/t15-,16+. The molecule has 33 heavy (non-hydrogen) atoms. The first-order valence-corrected chi connectivity index (χ1v) is 12.3. The Hall–Kier alpha value is -2.78. The second-order valence-corrected chi connectivity index (χ2v) is 10.1. The van der Waals surface area contributed by atoms with Crippen molar-refractivity contribution in [2.45, 2.75) is 65.2 Å². The van der Waals surface area contributed by atoms with Crippen LogP contribution in [0.2, 0.25) is 0 Å². The third kappa shape index (κ3) is 4.94. The normalized spacial score (nSPS) is 20.8. The van der Waals surface area contributed by atoms with E-state index in [9.17, 15) is 4.79 Å². The summed E-state index contributed by atoms with van der Waals surface area (Å²) in [7, 11) is 0. The molecule has 1 aliphatic heterocycles. The van der Waals surface area contributed by atoms with E-state index in [4.69, 9.17) is 14.2 Å². The smallest absolute Gasteiger partial charge is 0.273 e. The number of amides is 1. The summed E-state index contributed by atoms with van der Waals surface area (Å²) in [5, 5.41) is 7.88. The van der Waals surface area contributed by atoms with E-state index in [1.54, 1.807) is 17.4 Å². The lowest BCUT2D eigenvalue weighted by Gasteiger charge is -2.35. The number of aryl methyl sites for hydroxylation is 2. The van der Waals surface area contributed by atoms with Gasteiger partial charge < -0.3 is 19.5 Å². The fourth-order valence-corrected chi connectivity index (χ4v) is 5.42. The molecule has 0 spiro atoms. The highest BCUT2D eigenvalue weighted by Crippen LogP contribution is 2.40. The molecule has 2 fully saturated rings. The molecule has 3 aromatic heterocycles. The number of aromatic nitrogens is 3. The molecule has 2 atom stereocenters. The van der Waals surface area contributed by atoms with Gasteiger partial charge in [-0.05, 0) is 58.2 Å².